The average molecular weight is 389 g/mol. The molecule has 2 aromatic rings. The molecule has 0 aliphatic heterocycles. The summed E-state index contributed by atoms with van der Waals surface area (Å²) in [6.45, 7) is 10.9. The molecule has 4 heteroatoms. The molecule has 0 saturated carbocycles. The summed E-state index contributed by atoms with van der Waals surface area (Å²) in [6.07, 6.45) is 2.00. The van der Waals surface area contributed by atoms with E-state index in [4.69, 9.17) is 21.1 Å². The van der Waals surface area contributed by atoms with E-state index in [1.807, 2.05) is 26.0 Å². The van der Waals surface area contributed by atoms with Crippen LogP contribution in [0.15, 0.2) is 36.4 Å². The van der Waals surface area contributed by atoms with Crippen molar-refractivity contribution in [3.8, 4) is 11.5 Å². The zero-order valence-electron chi connectivity index (χ0n) is 16.9. The van der Waals surface area contributed by atoms with E-state index in [0.29, 0.717) is 30.2 Å². The molecule has 146 valence electrons. The van der Waals surface area contributed by atoms with Gasteiger partial charge in [0, 0.05) is 11.4 Å². The summed E-state index contributed by atoms with van der Waals surface area (Å²) in [7, 11) is 0. The third-order valence-corrected chi connectivity index (χ3v) is 5.55. The van der Waals surface area contributed by atoms with Gasteiger partial charge in [0.05, 0.1) is 6.61 Å². The highest BCUT2D eigenvalue weighted by Gasteiger charge is 2.17. The predicted molar refractivity (Wildman–Crippen MR) is 111 cm³/mol. The minimum Gasteiger partial charge on any atom is -0.494 e. The molecule has 0 atom stereocenters. The Morgan fingerprint density at radius 3 is 2.19 bits per heavy atom. The van der Waals surface area contributed by atoms with Crippen molar-refractivity contribution in [1.29, 1.82) is 0 Å². The molecule has 0 fully saturated rings. The highest BCUT2D eigenvalue weighted by atomic mass is 35.5. The van der Waals surface area contributed by atoms with E-state index in [2.05, 4.69) is 32.9 Å². The lowest BCUT2D eigenvalue weighted by Gasteiger charge is -2.23. The zero-order chi connectivity index (χ0) is 20.0. The van der Waals surface area contributed by atoms with Gasteiger partial charge in [0.2, 0.25) is 0 Å². The Kier molecular flexibility index (Phi) is 7.32. The summed E-state index contributed by atoms with van der Waals surface area (Å²) in [6, 6.07) is 11.8. The summed E-state index contributed by atoms with van der Waals surface area (Å²) < 4.78 is 11.1. The fourth-order valence-corrected chi connectivity index (χ4v) is 2.87. The average Bonchev–Trinajstić information content (AvgIpc) is 2.63. The zero-order valence-corrected chi connectivity index (χ0v) is 17.7. The largest absolute Gasteiger partial charge is 0.494 e. The van der Waals surface area contributed by atoms with Crippen molar-refractivity contribution in [3.63, 3.8) is 0 Å². The minimum atomic E-state index is -0.264. The molecule has 0 N–H and O–H groups in total. The molecule has 0 aromatic heterocycles. The molecule has 0 spiro atoms. The van der Waals surface area contributed by atoms with E-state index >= 15 is 0 Å². The van der Waals surface area contributed by atoms with E-state index in [9.17, 15) is 4.79 Å². The first-order valence-corrected chi connectivity index (χ1v) is 9.81. The molecule has 0 amide bonds. The molecule has 0 bridgehead atoms. The second-order valence-corrected chi connectivity index (χ2v) is 7.94. The first kappa shape index (κ1) is 21.3. The lowest BCUT2D eigenvalue weighted by molar-refractivity contribution is -0.134. The fourth-order valence-electron chi connectivity index (χ4n) is 2.76. The van der Waals surface area contributed by atoms with Crippen molar-refractivity contribution in [3.05, 3.63) is 58.1 Å². The van der Waals surface area contributed by atoms with Gasteiger partial charge < -0.3 is 9.47 Å². The van der Waals surface area contributed by atoms with Crippen LogP contribution in [0.5, 0.6) is 11.5 Å². The number of hydrogen-bond acceptors (Lipinski definition) is 3. The Hall–Kier alpha value is -2.00. The van der Waals surface area contributed by atoms with Crippen LogP contribution in [0.2, 0.25) is 5.02 Å². The number of carbonyl (C=O) groups is 1. The van der Waals surface area contributed by atoms with Gasteiger partial charge in [-0.1, -0.05) is 44.5 Å². The quantitative estimate of drug-likeness (QED) is 0.298. The van der Waals surface area contributed by atoms with Gasteiger partial charge >= 0.3 is 5.97 Å². The van der Waals surface area contributed by atoms with Gasteiger partial charge in [-0.3, -0.25) is 4.79 Å². The molecule has 27 heavy (non-hydrogen) atoms. The maximum atomic E-state index is 12.0. The smallest absolute Gasteiger partial charge is 0.311 e. The van der Waals surface area contributed by atoms with Crippen LogP contribution in [-0.4, -0.2) is 12.6 Å². The number of rotatable bonds is 8. The van der Waals surface area contributed by atoms with Crippen molar-refractivity contribution >= 4 is 17.6 Å². The summed E-state index contributed by atoms with van der Waals surface area (Å²) in [5.41, 5.74) is 3.27. The van der Waals surface area contributed by atoms with Crippen LogP contribution >= 0.6 is 11.6 Å². The molecule has 2 rings (SSSR count). The molecular formula is C23H29ClO3. The topological polar surface area (TPSA) is 35.5 Å². The van der Waals surface area contributed by atoms with Gasteiger partial charge in [0.1, 0.15) is 11.5 Å². The van der Waals surface area contributed by atoms with Crippen molar-refractivity contribution in [1.82, 2.24) is 0 Å². The maximum Gasteiger partial charge on any atom is 0.311 e. The van der Waals surface area contributed by atoms with Gasteiger partial charge in [-0.05, 0) is 73.1 Å². The number of aryl methyl sites for hydroxylation is 2. The molecular weight excluding hydrogens is 360 g/mol. The second kappa shape index (κ2) is 9.27. The molecule has 0 radical (unpaired) electrons. The SMILES string of the molecule is CCC(C)(C)c1ccc(OCCCC(=O)Oc2cc(C)c(Cl)c(C)c2)cc1. The Balaban J connectivity index is 1.77. The number of hydrogen-bond donors (Lipinski definition) is 0. The molecule has 2 aromatic carbocycles. The van der Waals surface area contributed by atoms with Crippen LogP contribution < -0.4 is 9.47 Å². The number of esters is 1. The third-order valence-electron chi connectivity index (χ3n) is 4.96. The monoisotopic (exact) mass is 388 g/mol. The van der Waals surface area contributed by atoms with Gasteiger partial charge in [-0.25, -0.2) is 0 Å². The second-order valence-electron chi connectivity index (χ2n) is 7.56. The minimum absolute atomic E-state index is 0.167. The first-order valence-electron chi connectivity index (χ1n) is 9.43. The molecule has 3 nitrogen and oxygen atoms in total. The van der Waals surface area contributed by atoms with Crippen LogP contribution in [-0.2, 0) is 10.2 Å². The van der Waals surface area contributed by atoms with Crippen LogP contribution in [0.25, 0.3) is 0 Å². The fraction of sp³-hybridized carbons (Fsp3) is 0.435. The van der Waals surface area contributed by atoms with E-state index in [0.717, 1.165) is 23.3 Å². The highest BCUT2D eigenvalue weighted by molar-refractivity contribution is 6.32. The number of benzene rings is 2. The van der Waals surface area contributed by atoms with E-state index < -0.39 is 0 Å². The normalized spacial score (nSPS) is 11.3. The van der Waals surface area contributed by atoms with Crippen molar-refractivity contribution in [2.45, 2.75) is 59.3 Å². The van der Waals surface area contributed by atoms with Crippen LogP contribution in [0.1, 0.15) is 56.7 Å². The van der Waals surface area contributed by atoms with Gasteiger partial charge in [0.25, 0.3) is 0 Å². The summed E-state index contributed by atoms with van der Waals surface area (Å²) in [4.78, 5) is 12.0. The van der Waals surface area contributed by atoms with Gasteiger partial charge in [-0.2, -0.15) is 0 Å². The molecule has 0 aliphatic carbocycles. The van der Waals surface area contributed by atoms with Crippen molar-refractivity contribution < 1.29 is 14.3 Å². The van der Waals surface area contributed by atoms with E-state index in [1.165, 1.54) is 5.56 Å². The van der Waals surface area contributed by atoms with Gasteiger partial charge in [0.15, 0.2) is 0 Å². The lowest BCUT2D eigenvalue weighted by atomic mass is 9.82. The first-order chi connectivity index (χ1) is 12.7. The predicted octanol–water partition coefficient (Wildman–Crippen LogP) is 6.41. The maximum absolute atomic E-state index is 12.0. The Morgan fingerprint density at radius 1 is 1.04 bits per heavy atom. The van der Waals surface area contributed by atoms with Gasteiger partial charge in [-0.15, -0.1) is 0 Å². The lowest BCUT2D eigenvalue weighted by Crippen LogP contribution is -2.15. The van der Waals surface area contributed by atoms with Crippen LogP contribution in [0, 0.1) is 13.8 Å². The van der Waals surface area contributed by atoms with E-state index in [1.54, 1.807) is 12.1 Å². The third kappa shape index (κ3) is 6.00. The Bertz CT molecular complexity index is 756. The summed E-state index contributed by atoms with van der Waals surface area (Å²) in [5.74, 6) is 1.09. The van der Waals surface area contributed by atoms with Crippen molar-refractivity contribution in [2.24, 2.45) is 0 Å². The molecule has 0 aliphatic rings. The summed E-state index contributed by atoms with van der Waals surface area (Å²) in [5, 5.41) is 0.705. The summed E-state index contributed by atoms with van der Waals surface area (Å²) >= 11 is 6.13. The molecule has 0 unspecified atom stereocenters. The number of halogens is 1. The standard InChI is InChI=1S/C23H29ClO3/c1-6-23(4,5)18-9-11-19(12-10-18)26-13-7-8-21(25)27-20-14-16(2)22(24)17(3)15-20/h9-12,14-15H,6-8,13H2,1-5H3. The van der Waals surface area contributed by atoms with Crippen LogP contribution in [0.4, 0.5) is 0 Å². The number of ether oxygens (including phenoxy) is 2. The Labute approximate surface area is 167 Å². The van der Waals surface area contributed by atoms with Crippen LogP contribution in [0.3, 0.4) is 0 Å². The molecule has 0 saturated heterocycles. The van der Waals surface area contributed by atoms with E-state index in [-0.39, 0.29) is 11.4 Å². The highest BCUT2D eigenvalue weighted by Crippen LogP contribution is 2.28. The Morgan fingerprint density at radius 2 is 1.63 bits per heavy atom. The van der Waals surface area contributed by atoms with Crippen molar-refractivity contribution in [2.75, 3.05) is 6.61 Å². The molecule has 0 heterocycles. The number of carbonyl (C=O) groups excluding carboxylic acids is 1.